The average Bonchev–Trinajstić information content (AvgIpc) is 3.46. The third kappa shape index (κ3) is 1.50. The molecule has 0 spiro atoms. The number of imide groups is 1. The fraction of sp³-hybridized carbons (Fsp3) is 0.250. The van der Waals surface area contributed by atoms with Crippen molar-refractivity contribution in [1.82, 2.24) is 9.88 Å². The first-order valence-electron chi connectivity index (χ1n) is 10.5. The van der Waals surface area contributed by atoms with E-state index in [9.17, 15) is 9.59 Å². The summed E-state index contributed by atoms with van der Waals surface area (Å²) in [5, 5.41) is 5.53. The zero-order valence-corrected chi connectivity index (χ0v) is 16.0. The van der Waals surface area contributed by atoms with Crippen LogP contribution in [0.15, 0.2) is 36.5 Å². The monoisotopic (exact) mass is 395 g/mol. The van der Waals surface area contributed by atoms with Gasteiger partial charge in [-0.1, -0.05) is 36.5 Å². The highest BCUT2D eigenvalue weighted by molar-refractivity contribution is 6.29. The lowest BCUT2D eigenvalue weighted by atomic mass is 9.94. The Kier molecular flexibility index (Phi) is 2.50. The van der Waals surface area contributed by atoms with Crippen LogP contribution in [0.25, 0.3) is 22.6 Å². The van der Waals surface area contributed by atoms with E-state index in [2.05, 4.69) is 51.2 Å². The number of carbonyl (C=O) groups is 2. The summed E-state index contributed by atoms with van der Waals surface area (Å²) in [5.74, 6) is -0.570. The molecule has 0 saturated carbocycles. The largest absolute Gasteiger partial charge is 0.335 e. The van der Waals surface area contributed by atoms with Crippen molar-refractivity contribution in [1.29, 1.82) is 0 Å². The third-order valence-electron chi connectivity index (χ3n) is 7.37. The summed E-state index contributed by atoms with van der Waals surface area (Å²) < 4.78 is 8.88. The van der Waals surface area contributed by atoms with Gasteiger partial charge in [-0.3, -0.25) is 14.9 Å². The molecule has 30 heavy (non-hydrogen) atoms. The summed E-state index contributed by atoms with van der Waals surface area (Å²) in [6.07, 6.45) is 17.2. The molecule has 1 fully saturated rings. The van der Waals surface area contributed by atoms with Crippen molar-refractivity contribution in [2.45, 2.75) is 37.8 Å². The minimum Gasteiger partial charge on any atom is -0.335 e. The van der Waals surface area contributed by atoms with E-state index in [1.165, 1.54) is 0 Å². The van der Waals surface area contributed by atoms with Crippen LogP contribution in [0.5, 0.6) is 0 Å². The minimum atomic E-state index is -0.286. The lowest BCUT2D eigenvalue weighted by Gasteiger charge is -2.32. The molecule has 6 nitrogen and oxygen atoms in total. The summed E-state index contributed by atoms with van der Waals surface area (Å²) in [6.45, 7) is 0. The molecular formula is C24H17N3O3. The van der Waals surface area contributed by atoms with E-state index < -0.39 is 0 Å². The first-order valence-corrected chi connectivity index (χ1v) is 10.5. The second-order valence-corrected chi connectivity index (χ2v) is 8.69. The fourth-order valence-corrected chi connectivity index (χ4v) is 6.36. The van der Waals surface area contributed by atoms with Gasteiger partial charge in [0.15, 0.2) is 0 Å². The van der Waals surface area contributed by atoms with Gasteiger partial charge in [0.1, 0.15) is 12.5 Å². The van der Waals surface area contributed by atoms with Gasteiger partial charge in [0, 0.05) is 16.0 Å². The van der Waals surface area contributed by atoms with Crippen LogP contribution in [0.4, 0.5) is 5.69 Å². The zero-order chi connectivity index (χ0) is 19.7. The van der Waals surface area contributed by atoms with Crippen LogP contribution in [-0.2, 0) is 11.2 Å². The maximum absolute atomic E-state index is 13.0. The molecule has 1 aromatic heterocycles. The third-order valence-corrected chi connectivity index (χ3v) is 7.37. The van der Waals surface area contributed by atoms with Gasteiger partial charge in [-0.25, -0.2) is 0 Å². The van der Waals surface area contributed by atoms with Crippen LogP contribution in [0.1, 0.15) is 45.3 Å². The highest BCUT2D eigenvalue weighted by Gasteiger charge is 2.48. The number of carbonyl (C=O) groups excluding carboxylic acids is 2. The molecule has 4 aliphatic heterocycles. The Morgan fingerprint density at radius 2 is 1.90 bits per heavy atom. The second-order valence-electron chi connectivity index (χ2n) is 8.69. The van der Waals surface area contributed by atoms with Crippen molar-refractivity contribution in [2.75, 3.05) is 4.90 Å². The van der Waals surface area contributed by atoms with Crippen molar-refractivity contribution in [2.24, 2.45) is 0 Å². The van der Waals surface area contributed by atoms with Crippen molar-refractivity contribution in [3.05, 3.63) is 63.7 Å². The van der Waals surface area contributed by atoms with E-state index in [0.29, 0.717) is 11.1 Å². The molecule has 1 unspecified atom stereocenters. The van der Waals surface area contributed by atoms with Crippen molar-refractivity contribution < 1.29 is 14.3 Å². The molecule has 2 aliphatic carbocycles. The number of hydrogen-bond acceptors (Lipinski definition) is 4. The Morgan fingerprint density at radius 3 is 2.83 bits per heavy atom. The van der Waals surface area contributed by atoms with Gasteiger partial charge in [0.25, 0.3) is 11.8 Å². The summed E-state index contributed by atoms with van der Waals surface area (Å²) in [6, 6.07) is 0.0209. The van der Waals surface area contributed by atoms with Gasteiger partial charge in [0.2, 0.25) is 0 Å². The lowest BCUT2D eigenvalue weighted by Crippen LogP contribution is -2.40. The van der Waals surface area contributed by atoms with Gasteiger partial charge in [-0.2, -0.15) is 0 Å². The van der Waals surface area contributed by atoms with Gasteiger partial charge < -0.3 is 14.2 Å². The van der Waals surface area contributed by atoms with Crippen LogP contribution in [0.2, 0.25) is 0 Å². The number of rotatable bonds is 0. The first-order chi connectivity index (χ1) is 14.7. The summed E-state index contributed by atoms with van der Waals surface area (Å²) >= 11 is 0. The lowest BCUT2D eigenvalue weighted by molar-refractivity contribution is 0.00537. The van der Waals surface area contributed by atoms with Gasteiger partial charge >= 0.3 is 0 Å². The smallest absolute Gasteiger partial charge is 0.259 e. The molecule has 2 bridgehead atoms. The van der Waals surface area contributed by atoms with Crippen LogP contribution < -0.4 is 20.8 Å². The molecule has 5 heterocycles. The molecule has 2 amide bonds. The van der Waals surface area contributed by atoms with Crippen LogP contribution in [0.3, 0.4) is 0 Å². The Morgan fingerprint density at radius 1 is 1.03 bits per heavy atom. The number of nitrogens with one attached hydrogen (secondary N) is 1. The predicted molar refractivity (Wildman–Crippen MR) is 111 cm³/mol. The Bertz CT molecular complexity index is 1490. The number of nitrogens with zero attached hydrogens (tertiary/aromatic N) is 2. The number of hydrogen-bond donors (Lipinski definition) is 1. The van der Waals surface area contributed by atoms with E-state index in [1.807, 2.05) is 6.08 Å². The zero-order valence-electron chi connectivity index (χ0n) is 16.0. The molecule has 1 N–H and O–H groups in total. The Hall–Kier alpha value is -3.38. The Balaban J connectivity index is 1.71. The summed E-state index contributed by atoms with van der Waals surface area (Å²) in [5.41, 5.74) is 5.39. The molecule has 146 valence electrons. The van der Waals surface area contributed by atoms with Crippen molar-refractivity contribution in [3.8, 4) is 0 Å². The van der Waals surface area contributed by atoms with E-state index in [0.717, 1.165) is 57.6 Å². The minimum absolute atomic E-state index is 0.0209. The van der Waals surface area contributed by atoms with Crippen molar-refractivity contribution in [3.63, 3.8) is 0 Å². The molecule has 2 aromatic rings. The highest BCUT2D eigenvalue weighted by atomic mass is 16.5. The van der Waals surface area contributed by atoms with E-state index in [-0.39, 0.29) is 30.3 Å². The normalized spacial score (nSPS) is 28.6. The number of ether oxygens (including phenoxy) is 1. The molecule has 1 aromatic carbocycles. The maximum atomic E-state index is 13.0. The summed E-state index contributed by atoms with van der Waals surface area (Å²) in [4.78, 5) is 28.4. The number of amides is 2. The van der Waals surface area contributed by atoms with E-state index in [4.69, 9.17) is 4.74 Å². The number of benzene rings is 1. The first kappa shape index (κ1) is 15.5. The van der Waals surface area contributed by atoms with E-state index >= 15 is 0 Å². The average molecular weight is 395 g/mol. The highest BCUT2D eigenvalue weighted by Crippen LogP contribution is 2.47. The van der Waals surface area contributed by atoms with E-state index in [1.54, 1.807) is 0 Å². The fourth-order valence-electron chi connectivity index (χ4n) is 6.36. The number of allylic oxidation sites excluding steroid dienone is 4. The van der Waals surface area contributed by atoms with Crippen molar-refractivity contribution >= 4 is 40.1 Å². The molecule has 1 saturated heterocycles. The molecule has 6 aliphatic rings. The topological polar surface area (TPSA) is 63.6 Å². The van der Waals surface area contributed by atoms with Crippen LogP contribution >= 0.6 is 0 Å². The molecule has 3 atom stereocenters. The molecular weight excluding hydrogens is 378 g/mol. The summed E-state index contributed by atoms with van der Waals surface area (Å²) in [7, 11) is 0. The Labute approximate surface area is 171 Å². The number of aromatic nitrogens is 1. The maximum Gasteiger partial charge on any atom is 0.259 e. The number of anilines is 1. The molecule has 6 heteroatoms. The standard InChI is InChI=1S/C24H17N3O3/c28-23-19-17-11-5-1-3-7-13(11)26-15-9-10-16(30-15)27-14-8-4-2-6-12(14)18(22(27)21(17)26)20(19)24(29)25-23/h1-5,7-8,13,15-16H,6,9-10H2,(H,25,28,29)/t13?,15-,16+/m1/s1. The van der Waals surface area contributed by atoms with Crippen LogP contribution in [0, 0.1) is 0 Å². The SMILES string of the molecule is O=C1NC(=O)c2c1c1c3c4c2c2c(n4[C@@H]4CC[C@@H](O4)N3C3C=CC=CC=13)=CC=CC2. The number of fused-ring (bicyclic) bond motifs is 12. The van der Waals surface area contributed by atoms with Crippen LogP contribution in [-0.4, -0.2) is 28.7 Å². The molecule has 0 radical (unpaired) electrons. The quantitative estimate of drug-likeness (QED) is 0.688. The molecule has 8 rings (SSSR count). The second kappa shape index (κ2) is 4.84. The predicted octanol–water partition coefficient (Wildman–Crippen LogP) is 1.53. The van der Waals surface area contributed by atoms with Gasteiger partial charge in [0.05, 0.1) is 28.4 Å². The van der Waals surface area contributed by atoms with Gasteiger partial charge in [-0.15, -0.1) is 0 Å². The van der Waals surface area contributed by atoms with Gasteiger partial charge in [-0.05, 0) is 36.5 Å².